The van der Waals surface area contributed by atoms with Crippen LogP contribution in [0.5, 0.6) is 0 Å². The molecule has 0 spiro atoms. The number of hydrogen-bond acceptors (Lipinski definition) is 4. The van der Waals surface area contributed by atoms with Crippen molar-refractivity contribution in [3.05, 3.63) is 90.4 Å². The van der Waals surface area contributed by atoms with Crippen LogP contribution in [0.1, 0.15) is 52.4 Å². The van der Waals surface area contributed by atoms with E-state index in [4.69, 9.17) is 4.98 Å². The molecule has 0 saturated heterocycles. The van der Waals surface area contributed by atoms with Gasteiger partial charge in [0.05, 0.1) is 10.6 Å². The van der Waals surface area contributed by atoms with Crippen molar-refractivity contribution >= 4 is 17.0 Å². The topological polar surface area (TPSA) is 56.0 Å². The maximum absolute atomic E-state index is 11.1. The highest BCUT2D eigenvalue weighted by Gasteiger charge is 2.26. The predicted molar refractivity (Wildman–Crippen MR) is 111 cm³/mol. The van der Waals surface area contributed by atoms with Crippen molar-refractivity contribution in [1.29, 1.82) is 0 Å². The third-order valence-corrected chi connectivity index (χ3v) is 6.30. The van der Waals surface area contributed by atoms with Crippen LogP contribution in [0, 0.1) is 30.9 Å². The standard InChI is InChI=1S/C22H24N2O2S/c1-14-6-8-18(9-7-14)22(4,5)21-23-19(13-27-21)12-17-10-16(3)20(24(25)26)11-15(17)2/h6-11,13H,12H2,1-5H3. The first-order chi connectivity index (χ1) is 12.7. The van der Waals surface area contributed by atoms with Gasteiger partial charge in [0.25, 0.3) is 5.69 Å². The monoisotopic (exact) mass is 380 g/mol. The molecule has 0 aliphatic carbocycles. The molecule has 0 bridgehead atoms. The second-order valence-corrected chi connectivity index (χ2v) is 8.49. The van der Waals surface area contributed by atoms with Crippen LogP contribution in [-0.4, -0.2) is 9.91 Å². The SMILES string of the molecule is Cc1ccc(C(C)(C)c2nc(Cc3cc(C)c([N+](=O)[O-])cc3C)cs2)cc1. The second kappa shape index (κ2) is 7.24. The van der Waals surface area contributed by atoms with Crippen LogP contribution >= 0.6 is 11.3 Å². The van der Waals surface area contributed by atoms with Crippen LogP contribution in [0.2, 0.25) is 0 Å². The average molecular weight is 381 g/mol. The first-order valence-electron chi connectivity index (χ1n) is 8.95. The summed E-state index contributed by atoms with van der Waals surface area (Å²) in [5.74, 6) is 0. The fraction of sp³-hybridized carbons (Fsp3) is 0.318. The minimum Gasteiger partial charge on any atom is -0.258 e. The Morgan fingerprint density at radius 3 is 2.37 bits per heavy atom. The van der Waals surface area contributed by atoms with Crippen LogP contribution in [-0.2, 0) is 11.8 Å². The summed E-state index contributed by atoms with van der Waals surface area (Å²) >= 11 is 1.67. The van der Waals surface area contributed by atoms with Gasteiger partial charge in [0.1, 0.15) is 5.01 Å². The summed E-state index contributed by atoms with van der Waals surface area (Å²) in [5.41, 5.74) is 6.23. The number of hydrogen-bond donors (Lipinski definition) is 0. The van der Waals surface area contributed by atoms with E-state index in [1.807, 2.05) is 13.0 Å². The molecule has 0 saturated carbocycles. The Morgan fingerprint density at radius 2 is 1.74 bits per heavy atom. The maximum Gasteiger partial charge on any atom is 0.272 e. The zero-order valence-electron chi connectivity index (χ0n) is 16.4. The van der Waals surface area contributed by atoms with Crippen molar-refractivity contribution in [2.24, 2.45) is 0 Å². The second-order valence-electron chi connectivity index (χ2n) is 7.63. The van der Waals surface area contributed by atoms with Crippen molar-refractivity contribution in [1.82, 2.24) is 4.98 Å². The molecule has 0 aliphatic rings. The van der Waals surface area contributed by atoms with Crippen molar-refractivity contribution in [3.8, 4) is 0 Å². The number of thiazole rings is 1. The Labute approximate surface area is 164 Å². The lowest BCUT2D eigenvalue weighted by atomic mass is 9.85. The lowest BCUT2D eigenvalue weighted by molar-refractivity contribution is -0.385. The van der Waals surface area contributed by atoms with Crippen molar-refractivity contribution in [2.45, 2.75) is 46.5 Å². The maximum atomic E-state index is 11.1. The number of nitro groups is 1. The normalized spacial score (nSPS) is 11.6. The molecule has 0 unspecified atom stereocenters. The molecule has 0 N–H and O–H groups in total. The van der Waals surface area contributed by atoms with Crippen LogP contribution in [0.15, 0.2) is 41.8 Å². The summed E-state index contributed by atoms with van der Waals surface area (Å²) in [6, 6.07) is 12.2. The van der Waals surface area contributed by atoms with E-state index in [0.29, 0.717) is 12.0 Å². The average Bonchev–Trinajstić information content (AvgIpc) is 3.07. The van der Waals surface area contributed by atoms with Gasteiger partial charge >= 0.3 is 0 Å². The summed E-state index contributed by atoms with van der Waals surface area (Å²) < 4.78 is 0. The fourth-order valence-electron chi connectivity index (χ4n) is 3.21. The largest absolute Gasteiger partial charge is 0.272 e. The summed E-state index contributed by atoms with van der Waals surface area (Å²) in [4.78, 5) is 15.7. The molecule has 0 radical (unpaired) electrons. The summed E-state index contributed by atoms with van der Waals surface area (Å²) in [5, 5.41) is 14.3. The lowest BCUT2D eigenvalue weighted by Crippen LogP contribution is -2.18. The van der Waals surface area contributed by atoms with E-state index in [2.05, 4.69) is 50.4 Å². The first kappa shape index (κ1) is 19.2. The Hall–Kier alpha value is -2.53. The van der Waals surface area contributed by atoms with E-state index in [1.165, 1.54) is 11.1 Å². The zero-order chi connectivity index (χ0) is 19.8. The van der Waals surface area contributed by atoms with Gasteiger partial charge in [-0.3, -0.25) is 10.1 Å². The highest BCUT2D eigenvalue weighted by atomic mass is 32.1. The highest BCUT2D eigenvalue weighted by molar-refractivity contribution is 7.09. The minimum absolute atomic E-state index is 0.156. The Kier molecular flexibility index (Phi) is 5.16. The van der Waals surface area contributed by atoms with Gasteiger partial charge in [0.2, 0.25) is 0 Å². The third-order valence-electron chi connectivity index (χ3n) is 5.08. The summed E-state index contributed by atoms with van der Waals surface area (Å²) in [6.45, 7) is 10.2. The minimum atomic E-state index is -0.322. The van der Waals surface area contributed by atoms with Crippen LogP contribution in [0.3, 0.4) is 0 Å². The zero-order valence-corrected chi connectivity index (χ0v) is 17.2. The Morgan fingerprint density at radius 1 is 1.07 bits per heavy atom. The molecule has 1 aromatic heterocycles. The Bertz CT molecular complexity index is 988. The summed E-state index contributed by atoms with van der Waals surface area (Å²) in [6.07, 6.45) is 0.686. The van der Waals surface area contributed by atoms with Gasteiger partial charge in [-0.15, -0.1) is 11.3 Å². The van der Waals surface area contributed by atoms with Gasteiger partial charge < -0.3 is 0 Å². The number of aryl methyl sites for hydroxylation is 3. The smallest absolute Gasteiger partial charge is 0.258 e. The first-order valence-corrected chi connectivity index (χ1v) is 9.83. The van der Waals surface area contributed by atoms with Gasteiger partial charge in [0.15, 0.2) is 0 Å². The lowest BCUT2D eigenvalue weighted by Gasteiger charge is -2.22. The molecule has 1 heterocycles. The molecular weight excluding hydrogens is 356 g/mol. The molecule has 27 heavy (non-hydrogen) atoms. The molecule has 0 amide bonds. The van der Waals surface area contributed by atoms with Crippen molar-refractivity contribution in [2.75, 3.05) is 0 Å². The van der Waals surface area contributed by atoms with E-state index in [9.17, 15) is 10.1 Å². The fourth-order valence-corrected chi connectivity index (χ4v) is 4.18. The Balaban J connectivity index is 1.87. The molecule has 4 nitrogen and oxygen atoms in total. The van der Waals surface area contributed by atoms with E-state index >= 15 is 0 Å². The summed E-state index contributed by atoms with van der Waals surface area (Å²) in [7, 11) is 0. The molecule has 0 aliphatic heterocycles. The molecule has 0 atom stereocenters. The number of rotatable bonds is 5. The number of aromatic nitrogens is 1. The molecule has 0 fully saturated rings. The molecule has 2 aromatic carbocycles. The van der Waals surface area contributed by atoms with E-state index in [1.54, 1.807) is 24.3 Å². The molecular formula is C22H24N2O2S. The van der Waals surface area contributed by atoms with Crippen molar-refractivity contribution in [3.63, 3.8) is 0 Å². The predicted octanol–water partition coefficient (Wildman–Crippen LogP) is 5.89. The van der Waals surface area contributed by atoms with E-state index in [-0.39, 0.29) is 16.0 Å². The van der Waals surface area contributed by atoms with Crippen LogP contribution in [0.25, 0.3) is 0 Å². The van der Waals surface area contributed by atoms with Crippen molar-refractivity contribution < 1.29 is 4.92 Å². The van der Waals surface area contributed by atoms with Crippen LogP contribution in [0.4, 0.5) is 5.69 Å². The number of benzene rings is 2. The molecule has 5 heteroatoms. The van der Waals surface area contributed by atoms with Gasteiger partial charge in [-0.1, -0.05) is 29.8 Å². The molecule has 3 aromatic rings. The number of nitro benzene ring substituents is 1. The van der Waals surface area contributed by atoms with Gasteiger partial charge in [0, 0.05) is 28.8 Å². The quantitative estimate of drug-likeness (QED) is 0.409. The van der Waals surface area contributed by atoms with E-state index < -0.39 is 0 Å². The van der Waals surface area contributed by atoms with Crippen LogP contribution < -0.4 is 0 Å². The molecule has 3 rings (SSSR count). The van der Waals surface area contributed by atoms with E-state index in [0.717, 1.165) is 21.8 Å². The highest BCUT2D eigenvalue weighted by Crippen LogP contribution is 2.34. The van der Waals surface area contributed by atoms with Gasteiger partial charge in [-0.2, -0.15) is 0 Å². The van der Waals surface area contributed by atoms with Gasteiger partial charge in [-0.25, -0.2) is 4.98 Å². The third kappa shape index (κ3) is 3.93. The van der Waals surface area contributed by atoms with Gasteiger partial charge in [-0.05, 0) is 57.4 Å². The molecule has 140 valence electrons. The number of nitrogens with zero attached hydrogens (tertiary/aromatic N) is 2.